The summed E-state index contributed by atoms with van der Waals surface area (Å²) in [6, 6.07) is 0. The molecule has 2 fully saturated rings. The van der Waals surface area contributed by atoms with Crippen LogP contribution in [0.15, 0.2) is 11.4 Å². The Hall–Kier alpha value is -0.106. The third-order valence-electron chi connectivity index (χ3n) is 5.44. The molecule has 7 nitrogen and oxygen atoms in total. The van der Waals surface area contributed by atoms with Gasteiger partial charge in [-0.05, 0) is 19.8 Å². The number of piperazine rings is 2. The molecule has 2 heterocycles. The molecule has 2 saturated heterocycles. The summed E-state index contributed by atoms with van der Waals surface area (Å²) in [5, 5.41) is 0. The third kappa shape index (κ3) is 5.94. The first-order valence-corrected chi connectivity index (χ1v) is 12.7. The van der Waals surface area contributed by atoms with Crippen molar-refractivity contribution in [3.8, 4) is 0 Å². The molecular weight excluding hydrogens is 352 g/mol. The molecule has 0 bridgehead atoms. The van der Waals surface area contributed by atoms with Crippen LogP contribution in [0.3, 0.4) is 0 Å². The summed E-state index contributed by atoms with van der Waals surface area (Å²) in [7, 11) is 6.36. The van der Waals surface area contributed by atoms with Gasteiger partial charge in [0.05, 0.1) is 9.52 Å². The molecule has 0 aromatic rings. The summed E-state index contributed by atoms with van der Waals surface area (Å²) in [6.45, 7) is 9.30. The predicted octanol–water partition coefficient (Wildman–Crippen LogP) is -1.14. The van der Waals surface area contributed by atoms with Gasteiger partial charge in [-0.3, -0.25) is 9.80 Å². The van der Waals surface area contributed by atoms with Crippen LogP contribution in [0.25, 0.3) is 0 Å². The Bertz CT molecular complexity index is 380. The largest absolute Gasteiger partial charge is 0.528 e. The van der Waals surface area contributed by atoms with E-state index in [1.807, 2.05) is 0 Å². The fourth-order valence-electron chi connectivity index (χ4n) is 3.56. The van der Waals surface area contributed by atoms with Gasteiger partial charge in [0.2, 0.25) is 0 Å². The van der Waals surface area contributed by atoms with Gasteiger partial charge in [-0.1, -0.05) is 5.70 Å². The highest BCUT2D eigenvalue weighted by Gasteiger charge is 2.35. The van der Waals surface area contributed by atoms with E-state index in [0.717, 1.165) is 52.4 Å². The van der Waals surface area contributed by atoms with Crippen LogP contribution in [-0.4, -0.2) is 131 Å². The van der Waals surface area contributed by atoms with Crippen molar-refractivity contribution in [1.82, 2.24) is 19.6 Å². The van der Waals surface area contributed by atoms with Crippen LogP contribution >= 0.6 is 0 Å². The van der Waals surface area contributed by atoms with E-state index in [0.29, 0.717) is 5.79 Å². The van der Waals surface area contributed by atoms with Gasteiger partial charge < -0.3 is 23.1 Å². The van der Waals surface area contributed by atoms with Crippen molar-refractivity contribution in [3.63, 3.8) is 0 Å². The molecule has 2 aliphatic heterocycles. The van der Waals surface area contributed by atoms with Crippen LogP contribution < -0.4 is 0 Å². The number of rotatable bonds is 8. The predicted molar refractivity (Wildman–Crippen MR) is 106 cm³/mol. The molecular formula is C16H36N4O3Si2. The zero-order valence-electron chi connectivity index (χ0n) is 16.6. The lowest BCUT2D eigenvalue weighted by Crippen LogP contribution is -2.61. The maximum atomic E-state index is 5.53. The molecule has 25 heavy (non-hydrogen) atoms. The summed E-state index contributed by atoms with van der Waals surface area (Å²) in [5.41, 5.74) is 4.42. The standard InChI is InChI=1S/C16H36N4O3Si2/c1-17-6-10-19(11-7-17)16(20-12-8-18(2)9-13-20)24-14-15-25(21-3,22-4)23-5/h14-16H,6-13,24H2,1-5H3. The average Bonchev–Trinajstić information content (AvgIpc) is 2.65. The highest BCUT2D eigenvalue weighted by atomic mass is 28.4. The summed E-state index contributed by atoms with van der Waals surface area (Å²) < 4.78 is 16.6. The van der Waals surface area contributed by atoms with Gasteiger partial charge in [0, 0.05) is 79.5 Å². The van der Waals surface area contributed by atoms with E-state index in [2.05, 4.69) is 45.1 Å². The zero-order valence-corrected chi connectivity index (χ0v) is 19.0. The molecule has 0 atom stereocenters. The van der Waals surface area contributed by atoms with E-state index < -0.39 is 18.3 Å². The van der Waals surface area contributed by atoms with Crippen molar-refractivity contribution in [2.45, 2.75) is 5.79 Å². The first kappa shape index (κ1) is 21.2. The zero-order chi connectivity index (χ0) is 18.3. The molecule has 0 aromatic heterocycles. The second-order valence-electron chi connectivity index (χ2n) is 7.01. The number of hydrogen-bond donors (Lipinski definition) is 0. The summed E-state index contributed by atoms with van der Waals surface area (Å²) in [5.74, 6) is 0.580. The van der Waals surface area contributed by atoms with Gasteiger partial charge in [-0.15, -0.1) is 0 Å². The van der Waals surface area contributed by atoms with Crippen LogP contribution in [0.2, 0.25) is 0 Å². The van der Waals surface area contributed by atoms with E-state index in [1.54, 1.807) is 21.3 Å². The highest BCUT2D eigenvalue weighted by Crippen LogP contribution is 2.13. The normalized spacial score (nSPS) is 23.6. The van der Waals surface area contributed by atoms with E-state index in [-0.39, 0.29) is 0 Å². The number of hydrogen-bond acceptors (Lipinski definition) is 7. The van der Waals surface area contributed by atoms with Crippen molar-refractivity contribution < 1.29 is 13.3 Å². The van der Waals surface area contributed by atoms with Gasteiger partial charge >= 0.3 is 8.80 Å². The molecule has 0 unspecified atom stereocenters. The van der Waals surface area contributed by atoms with E-state index in [9.17, 15) is 0 Å². The molecule has 0 radical (unpaired) electrons. The van der Waals surface area contributed by atoms with Gasteiger partial charge in [0.1, 0.15) is 0 Å². The van der Waals surface area contributed by atoms with E-state index in [1.165, 1.54) is 0 Å². The van der Waals surface area contributed by atoms with Crippen LogP contribution in [0, 0.1) is 0 Å². The first-order valence-electron chi connectivity index (χ1n) is 9.22. The number of likely N-dealkylation sites (N-methyl/N-ethyl adjacent to an activating group) is 2. The molecule has 0 aliphatic carbocycles. The molecule has 2 aliphatic rings. The monoisotopic (exact) mass is 388 g/mol. The summed E-state index contributed by atoms with van der Waals surface area (Å²) in [6.07, 6.45) is 0. The van der Waals surface area contributed by atoms with Gasteiger partial charge in [-0.25, -0.2) is 0 Å². The molecule has 2 rings (SSSR count). The lowest BCUT2D eigenvalue weighted by atomic mass is 10.3. The lowest BCUT2D eigenvalue weighted by Gasteiger charge is -2.45. The van der Waals surface area contributed by atoms with E-state index >= 15 is 0 Å². The summed E-state index contributed by atoms with van der Waals surface area (Å²) in [4.78, 5) is 10.2. The van der Waals surface area contributed by atoms with Crippen molar-refractivity contribution in [2.24, 2.45) is 0 Å². The average molecular weight is 389 g/mol. The van der Waals surface area contributed by atoms with Crippen LogP contribution in [0.1, 0.15) is 0 Å². The van der Waals surface area contributed by atoms with Crippen molar-refractivity contribution in [3.05, 3.63) is 11.4 Å². The Morgan fingerprint density at radius 1 is 0.760 bits per heavy atom. The van der Waals surface area contributed by atoms with Crippen molar-refractivity contribution in [2.75, 3.05) is 87.8 Å². The SMILES string of the molecule is CO[Si](C=C[SiH2]C(N1CCN(C)CC1)N1CCN(C)CC1)(OC)OC. The maximum absolute atomic E-state index is 5.53. The fraction of sp³-hybridized carbons (Fsp3) is 0.875. The molecule has 0 aromatic carbocycles. The molecule has 0 spiro atoms. The minimum absolute atomic E-state index is 0.477. The second-order valence-corrected chi connectivity index (χ2v) is 11.5. The van der Waals surface area contributed by atoms with Crippen molar-refractivity contribution >= 4 is 18.3 Å². The maximum Gasteiger partial charge on any atom is 0.528 e. The van der Waals surface area contributed by atoms with Gasteiger partial charge in [-0.2, -0.15) is 0 Å². The third-order valence-corrected chi connectivity index (χ3v) is 10.2. The molecule has 0 saturated carbocycles. The van der Waals surface area contributed by atoms with Crippen LogP contribution in [0.5, 0.6) is 0 Å². The second kappa shape index (κ2) is 10.3. The Morgan fingerprint density at radius 2 is 1.16 bits per heavy atom. The topological polar surface area (TPSA) is 40.7 Å². The highest BCUT2D eigenvalue weighted by molar-refractivity contribution is 6.67. The number of nitrogens with zero attached hydrogens (tertiary/aromatic N) is 4. The Kier molecular flexibility index (Phi) is 8.72. The fourth-order valence-corrected chi connectivity index (χ4v) is 7.73. The first-order chi connectivity index (χ1) is 12.0. The smallest absolute Gasteiger partial charge is 0.374 e. The Labute approximate surface area is 156 Å². The van der Waals surface area contributed by atoms with Gasteiger partial charge in [0.25, 0.3) is 0 Å². The van der Waals surface area contributed by atoms with Gasteiger partial charge in [0.15, 0.2) is 0 Å². The molecule has 9 heteroatoms. The van der Waals surface area contributed by atoms with Crippen molar-refractivity contribution in [1.29, 1.82) is 0 Å². The quantitative estimate of drug-likeness (QED) is 0.487. The Morgan fingerprint density at radius 3 is 1.52 bits per heavy atom. The van der Waals surface area contributed by atoms with Crippen LogP contribution in [0.4, 0.5) is 0 Å². The Balaban J connectivity index is 2.03. The van der Waals surface area contributed by atoms with E-state index in [4.69, 9.17) is 13.3 Å². The molecule has 0 N–H and O–H groups in total. The van der Waals surface area contributed by atoms with Crippen LogP contribution in [-0.2, 0) is 13.3 Å². The molecule has 0 amide bonds. The minimum atomic E-state index is -2.60. The lowest BCUT2D eigenvalue weighted by molar-refractivity contribution is 0.0318. The molecule has 146 valence electrons. The summed E-state index contributed by atoms with van der Waals surface area (Å²) >= 11 is 0. The minimum Gasteiger partial charge on any atom is -0.374 e.